The van der Waals surface area contributed by atoms with Gasteiger partial charge in [-0.15, -0.1) is 6.58 Å². The Morgan fingerprint density at radius 1 is 1.40 bits per heavy atom. The van der Waals surface area contributed by atoms with E-state index in [0.29, 0.717) is 12.0 Å². The molecule has 1 atom stereocenters. The normalized spacial score (nSPS) is 14.0. The largest absolute Gasteiger partial charge is 0.207 e. The van der Waals surface area contributed by atoms with Crippen LogP contribution in [-0.2, 0) is 5.41 Å². The van der Waals surface area contributed by atoms with Gasteiger partial charge in [-0.2, -0.15) is 5.26 Å². The molecule has 0 aromatic heterocycles. The number of nitrogens with zero attached hydrogens (tertiary/aromatic N) is 1. The fourth-order valence-corrected chi connectivity index (χ4v) is 1.39. The molecule has 0 aliphatic rings. The highest BCUT2D eigenvalue weighted by Gasteiger charge is 2.25. The number of hydrogen-bond donors (Lipinski definition) is 0. The lowest BCUT2D eigenvalue weighted by atomic mass is 9.81. The molecule has 0 aliphatic carbocycles. The summed E-state index contributed by atoms with van der Waals surface area (Å²) >= 11 is 0. The van der Waals surface area contributed by atoms with E-state index in [9.17, 15) is 8.78 Å². The standard InChI is InChI=1S/C12H11F2N/c1-3-4-12(2,8-15)9-5-10(13)7-11(14)6-9/h3,5-7H,1,4H2,2H3. The van der Waals surface area contributed by atoms with Crippen LogP contribution in [-0.4, -0.2) is 0 Å². The maximum Gasteiger partial charge on any atom is 0.126 e. The van der Waals surface area contributed by atoms with E-state index < -0.39 is 17.0 Å². The summed E-state index contributed by atoms with van der Waals surface area (Å²) in [6.45, 7) is 5.15. The number of rotatable bonds is 3. The fourth-order valence-electron chi connectivity index (χ4n) is 1.39. The summed E-state index contributed by atoms with van der Waals surface area (Å²) in [4.78, 5) is 0. The Kier molecular flexibility index (Phi) is 3.21. The average molecular weight is 207 g/mol. The number of hydrogen-bond acceptors (Lipinski definition) is 1. The van der Waals surface area contributed by atoms with Gasteiger partial charge < -0.3 is 0 Å². The predicted molar refractivity (Wildman–Crippen MR) is 54.1 cm³/mol. The summed E-state index contributed by atoms with van der Waals surface area (Å²) in [6.07, 6.45) is 1.92. The Bertz CT molecular complexity index is 400. The van der Waals surface area contributed by atoms with E-state index in [2.05, 4.69) is 6.58 Å². The van der Waals surface area contributed by atoms with E-state index in [1.54, 1.807) is 13.0 Å². The first-order valence-corrected chi connectivity index (χ1v) is 4.50. The third kappa shape index (κ3) is 2.41. The lowest BCUT2D eigenvalue weighted by Gasteiger charge is -2.20. The highest BCUT2D eigenvalue weighted by atomic mass is 19.1. The first-order chi connectivity index (χ1) is 7.01. The van der Waals surface area contributed by atoms with Gasteiger partial charge in [0, 0.05) is 6.07 Å². The third-order valence-corrected chi connectivity index (χ3v) is 2.30. The first-order valence-electron chi connectivity index (χ1n) is 4.50. The van der Waals surface area contributed by atoms with Gasteiger partial charge in [-0.1, -0.05) is 6.08 Å². The Morgan fingerprint density at radius 3 is 2.33 bits per heavy atom. The summed E-state index contributed by atoms with van der Waals surface area (Å²) in [5.74, 6) is -1.34. The maximum atomic E-state index is 13.0. The SMILES string of the molecule is C=CCC(C)(C#N)c1cc(F)cc(F)c1. The van der Waals surface area contributed by atoms with Crippen LogP contribution in [0.1, 0.15) is 18.9 Å². The first kappa shape index (κ1) is 11.4. The van der Waals surface area contributed by atoms with E-state index in [4.69, 9.17) is 5.26 Å². The zero-order chi connectivity index (χ0) is 11.5. The average Bonchev–Trinajstić information content (AvgIpc) is 2.16. The second-order valence-corrected chi connectivity index (χ2v) is 3.59. The van der Waals surface area contributed by atoms with Gasteiger partial charge in [0.05, 0.1) is 11.5 Å². The highest BCUT2D eigenvalue weighted by molar-refractivity contribution is 5.33. The van der Waals surface area contributed by atoms with Crippen molar-refractivity contribution in [2.24, 2.45) is 0 Å². The van der Waals surface area contributed by atoms with Crippen LogP contribution in [0.2, 0.25) is 0 Å². The smallest absolute Gasteiger partial charge is 0.126 e. The van der Waals surface area contributed by atoms with Crippen molar-refractivity contribution < 1.29 is 8.78 Å². The zero-order valence-corrected chi connectivity index (χ0v) is 8.43. The molecule has 15 heavy (non-hydrogen) atoms. The minimum absolute atomic E-state index is 0.336. The second-order valence-electron chi connectivity index (χ2n) is 3.59. The molecule has 0 aliphatic heterocycles. The quantitative estimate of drug-likeness (QED) is 0.697. The molecule has 3 heteroatoms. The van der Waals surface area contributed by atoms with Crippen LogP contribution in [0.15, 0.2) is 30.9 Å². The third-order valence-electron chi connectivity index (χ3n) is 2.30. The molecular formula is C12H11F2N. The van der Waals surface area contributed by atoms with Crippen molar-refractivity contribution in [3.8, 4) is 6.07 Å². The number of nitriles is 1. The second kappa shape index (κ2) is 4.22. The molecule has 1 aromatic carbocycles. The molecule has 0 fully saturated rings. The number of halogens is 2. The lowest BCUT2D eigenvalue weighted by Crippen LogP contribution is -2.18. The molecule has 0 radical (unpaired) electrons. The van der Waals surface area contributed by atoms with Gasteiger partial charge in [-0.25, -0.2) is 8.78 Å². The molecule has 1 aromatic rings. The van der Waals surface area contributed by atoms with Crippen molar-refractivity contribution in [1.82, 2.24) is 0 Å². The van der Waals surface area contributed by atoms with Crippen LogP contribution in [0.3, 0.4) is 0 Å². The van der Waals surface area contributed by atoms with Gasteiger partial charge in [-0.3, -0.25) is 0 Å². The van der Waals surface area contributed by atoms with Crippen LogP contribution in [0, 0.1) is 23.0 Å². The van der Waals surface area contributed by atoms with Crippen molar-refractivity contribution >= 4 is 0 Å². The van der Waals surface area contributed by atoms with E-state index in [1.807, 2.05) is 6.07 Å². The van der Waals surface area contributed by atoms with Crippen molar-refractivity contribution in [1.29, 1.82) is 5.26 Å². The van der Waals surface area contributed by atoms with Gasteiger partial charge >= 0.3 is 0 Å². The van der Waals surface area contributed by atoms with Crippen molar-refractivity contribution in [2.45, 2.75) is 18.8 Å². The Hall–Kier alpha value is -1.69. The van der Waals surface area contributed by atoms with Gasteiger partial charge in [0.2, 0.25) is 0 Å². The molecule has 0 heterocycles. The van der Waals surface area contributed by atoms with E-state index >= 15 is 0 Å². The number of benzene rings is 1. The molecule has 0 N–H and O–H groups in total. The maximum absolute atomic E-state index is 13.0. The Morgan fingerprint density at radius 2 is 1.93 bits per heavy atom. The van der Waals surface area contributed by atoms with Crippen molar-refractivity contribution in [2.75, 3.05) is 0 Å². The zero-order valence-electron chi connectivity index (χ0n) is 8.43. The van der Waals surface area contributed by atoms with Crippen molar-refractivity contribution in [3.63, 3.8) is 0 Å². The minimum Gasteiger partial charge on any atom is -0.207 e. The highest BCUT2D eigenvalue weighted by Crippen LogP contribution is 2.28. The van der Waals surface area contributed by atoms with Crippen LogP contribution in [0.25, 0.3) is 0 Å². The molecular weight excluding hydrogens is 196 g/mol. The van der Waals surface area contributed by atoms with Crippen LogP contribution in [0.5, 0.6) is 0 Å². The van der Waals surface area contributed by atoms with E-state index in [-0.39, 0.29) is 0 Å². The van der Waals surface area contributed by atoms with Gasteiger partial charge in [0.25, 0.3) is 0 Å². The summed E-state index contributed by atoms with van der Waals surface area (Å²) in [5, 5.41) is 9.01. The fraction of sp³-hybridized carbons (Fsp3) is 0.250. The summed E-state index contributed by atoms with van der Waals surface area (Å²) in [6, 6.07) is 5.19. The van der Waals surface area contributed by atoms with E-state index in [1.165, 1.54) is 12.1 Å². The van der Waals surface area contributed by atoms with Gasteiger partial charge in [-0.05, 0) is 31.0 Å². The van der Waals surface area contributed by atoms with Crippen molar-refractivity contribution in [3.05, 3.63) is 48.1 Å². The molecule has 78 valence electrons. The minimum atomic E-state index is -0.926. The lowest BCUT2D eigenvalue weighted by molar-refractivity contribution is 0.557. The molecule has 1 nitrogen and oxygen atoms in total. The Labute approximate surface area is 87.7 Å². The number of allylic oxidation sites excluding steroid dienone is 1. The summed E-state index contributed by atoms with van der Waals surface area (Å²) in [7, 11) is 0. The van der Waals surface area contributed by atoms with Crippen LogP contribution >= 0.6 is 0 Å². The topological polar surface area (TPSA) is 23.8 Å². The predicted octanol–water partition coefficient (Wildman–Crippen LogP) is 3.32. The molecule has 0 bridgehead atoms. The van der Waals surface area contributed by atoms with Gasteiger partial charge in [0.15, 0.2) is 0 Å². The molecule has 0 saturated heterocycles. The van der Waals surface area contributed by atoms with Gasteiger partial charge in [0.1, 0.15) is 11.6 Å². The Balaban J connectivity index is 3.24. The molecule has 1 unspecified atom stereocenters. The summed E-state index contributed by atoms with van der Waals surface area (Å²) in [5.41, 5.74) is -0.590. The van der Waals surface area contributed by atoms with Crippen LogP contribution in [0.4, 0.5) is 8.78 Å². The molecule has 0 amide bonds. The van der Waals surface area contributed by atoms with Crippen LogP contribution < -0.4 is 0 Å². The molecule has 1 rings (SSSR count). The summed E-state index contributed by atoms with van der Waals surface area (Å²) < 4.78 is 25.9. The molecule has 0 spiro atoms. The molecule has 0 saturated carbocycles. The monoisotopic (exact) mass is 207 g/mol. The van der Waals surface area contributed by atoms with E-state index in [0.717, 1.165) is 6.07 Å².